The molecule has 0 aliphatic rings. The first kappa shape index (κ1) is 14.9. The summed E-state index contributed by atoms with van der Waals surface area (Å²) in [6.07, 6.45) is 0. The molecular formula is C15H14Cl2N2O. The van der Waals surface area contributed by atoms with Crippen molar-refractivity contribution >= 4 is 34.8 Å². The Morgan fingerprint density at radius 3 is 2.65 bits per heavy atom. The fourth-order valence-corrected chi connectivity index (χ4v) is 2.23. The third-order valence-corrected chi connectivity index (χ3v) is 3.58. The van der Waals surface area contributed by atoms with Gasteiger partial charge in [-0.05, 0) is 36.9 Å². The zero-order valence-corrected chi connectivity index (χ0v) is 12.4. The van der Waals surface area contributed by atoms with E-state index in [-0.39, 0.29) is 10.9 Å². The Labute approximate surface area is 127 Å². The molecule has 2 aromatic rings. The fourth-order valence-electron chi connectivity index (χ4n) is 1.84. The van der Waals surface area contributed by atoms with Crippen LogP contribution in [-0.4, -0.2) is 13.0 Å². The fraction of sp³-hybridized carbons (Fsp3) is 0.133. The number of amides is 1. The number of carbonyl (C=O) groups is 1. The summed E-state index contributed by atoms with van der Waals surface area (Å²) in [6, 6.07) is 12.6. The molecule has 0 radical (unpaired) electrons. The highest BCUT2D eigenvalue weighted by atomic mass is 35.5. The van der Waals surface area contributed by atoms with Crippen LogP contribution in [0.15, 0.2) is 42.5 Å². The van der Waals surface area contributed by atoms with Crippen LogP contribution in [0.25, 0.3) is 0 Å². The van der Waals surface area contributed by atoms with Gasteiger partial charge in [0, 0.05) is 12.2 Å². The van der Waals surface area contributed by atoms with E-state index < -0.39 is 0 Å². The average Bonchev–Trinajstić information content (AvgIpc) is 2.42. The van der Waals surface area contributed by atoms with Gasteiger partial charge in [-0.3, -0.25) is 4.79 Å². The Morgan fingerprint density at radius 2 is 1.90 bits per heavy atom. The number of carbonyl (C=O) groups excluding carboxylic acids is 1. The summed E-state index contributed by atoms with van der Waals surface area (Å²) < 4.78 is 0. The normalized spacial score (nSPS) is 10.3. The third-order valence-electron chi connectivity index (χ3n) is 2.76. The smallest absolute Gasteiger partial charge is 0.257 e. The maximum Gasteiger partial charge on any atom is 0.257 e. The van der Waals surface area contributed by atoms with E-state index in [4.69, 9.17) is 23.2 Å². The number of benzene rings is 2. The lowest BCUT2D eigenvalue weighted by Gasteiger charge is -2.09. The molecule has 0 aliphatic carbocycles. The van der Waals surface area contributed by atoms with Crippen molar-refractivity contribution in [3.8, 4) is 0 Å². The third kappa shape index (κ3) is 3.51. The van der Waals surface area contributed by atoms with Crippen LogP contribution < -0.4 is 10.6 Å². The molecule has 2 N–H and O–H groups in total. The predicted molar refractivity (Wildman–Crippen MR) is 83.6 cm³/mol. The summed E-state index contributed by atoms with van der Waals surface area (Å²) in [5, 5.41) is 6.50. The molecule has 3 nitrogen and oxygen atoms in total. The van der Waals surface area contributed by atoms with Crippen molar-refractivity contribution in [2.45, 2.75) is 6.54 Å². The average molecular weight is 309 g/mol. The van der Waals surface area contributed by atoms with Gasteiger partial charge >= 0.3 is 0 Å². The van der Waals surface area contributed by atoms with Gasteiger partial charge in [-0.15, -0.1) is 0 Å². The van der Waals surface area contributed by atoms with E-state index in [1.54, 1.807) is 18.2 Å². The first-order valence-electron chi connectivity index (χ1n) is 6.10. The molecule has 0 aromatic heterocycles. The summed E-state index contributed by atoms with van der Waals surface area (Å²) in [5.74, 6) is -0.279. The van der Waals surface area contributed by atoms with Gasteiger partial charge in [0.05, 0.1) is 15.6 Å². The number of nitrogens with one attached hydrogen (secondary N) is 2. The maximum absolute atomic E-state index is 12.2. The lowest BCUT2D eigenvalue weighted by Crippen LogP contribution is -2.13. The van der Waals surface area contributed by atoms with E-state index in [0.717, 1.165) is 17.8 Å². The molecule has 0 saturated heterocycles. The topological polar surface area (TPSA) is 41.1 Å². The van der Waals surface area contributed by atoms with Crippen LogP contribution >= 0.6 is 23.2 Å². The van der Waals surface area contributed by atoms with Crippen molar-refractivity contribution in [1.82, 2.24) is 5.32 Å². The molecule has 0 fully saturated rings. The highest BCUT2D eigenvalue weighted by Gasteiger charge is 2.12. The van der Waals surface area contributed by atoms with Gasteiger partial charge in [-0.25, -0.2) is 0 Å². The minimum atomic E-state index is -0.279. The highest BCUT2D eigenvalue weighted by Crippen LogP contribution is 2.26. The first-order chi connectivity index (χ1) is 9.61. The molecule has 0 atom stereocenters. The SMILES string of the molecule is CNCc1cccc(NC(=O)c2cccc(Cl)c2Cl)c1. The van der Waals surface area contributed by atoms with Crippen LogP contribution in [0, 0.1) is 0 Å². The van der Waals surface area contributed by atoms with Crippen LogP contribution in [0.1, 0.15) is 15.9 Å². The number of hydrogen-bond acceptors (Lipinski definition) is 2. The maximum atomic E-state index is 12.2. The summed E-state index contributed by atoms with van der Waals surface area (Å²) in [7, 11) is 1.87. The van der Waals surface area contributed by atoms with Crippen molar-refractivity contribution in [2.24, 2.45) is 0 Å². The van der Waals surface area contributed by atoms with Crippen LogP contribution in [0.3, 0.4) is 0 Å². The lowest BCUT2D eigenvalue weighted by molar-refractivity contribution is 0.102. The van der Waals surface area contributed by atoms with Gasteiger partial charge in [-0.2, -0.15) is 0 Å². The molecule has 20 heavy (non-hydrogen) atoms. The summed E-state index contributed by atoms with van der Waals surface area (Å²) in [4.78, 5) is 12.2. The second-order valence-electron chi connectivity index (χ2n) is 4.29. The molecule has 1 amide bonds. The van der Waals surface area contributed by atoms with Gasteiger partial charge in [0.15, 0.2) is 0 Å². The molecule has 0 aliphatic heterocycles. The minimum Gasteiger partial charge on any atom is -0.322 e. The number of hydrogen-bond donors (Lipinski definition) is 2. The standard InChI is InChI=1S/C15H14Cl2N2O/c1-18-9-10-4-2-5-11(8-10)19-15(20)12-6-3-7-13(16)14(12)17/h2-8,18H,9H2,1H3,(H,19,20). The quantitative estimate of drug-likeness (QED) is 0.897. The molecule has 2 rings (SSSR count). The largest absolute Gasteiger partial charge is 0.322 e. The molecule has 0 saturated carbocycles. The predicted octanol–water partition coefficient (Wildman–Crippen LogP) is 3.97. The van der Waals surface area contributed by atoms with E-state index in [0.29, 0.717) is 10.6 Å². The molecule has 0 unspecified atom stereocenters. The number of halogens is 2. The second-order valence-corrected chi connectivity index (χ2v) is 5.07. The van der Waals surface area contributed by atoms with Crippen molar-refractivity contribution in [2.75, 3.05) is 12.4 Å². The van der Waals surface area contributed by atoms with E-state index in [1.807, 2.05) is 31.3 Å². The number of rotatable bonds is 4. The molecule has 2 aromatic carbocycles. The van der Waals surface area contributed by atoms with E-state index in [9.17, 15) is 4.79 Å². The first-order valence-corrected chi connectivity index (χ1v) is 6.86. The van der Waals surface area contributed by atoms with Crippen molar-refractivity contribution in [3.63, 3.8) is 0 Å². The zero-order valence-electron chi connectivity index (χ0n) is 10.9. The molecular weight excluding hydrogens is 295 g/mol. The summed E-state index contributed by atoms with van der Waals surface area (Å²) in [6.45, 7) is 0.738. The Kier molecular flexibility index (Phi) is 5.01. The van der Waals surface area contributed by atoms with Crippen molar-refractivity contribution in [1.29, 1.82) is 0 Å². The van der Waals surface area contributed by atoms with Gasteiger partial charge in [0.2, 0.25) is 0 Å². The summed E-state index contributed by atoms with van der Waals surface area (Å²) in [5.41, 5.74) is 2.17. The highest BCUT2D eigenvalue weighted by molar-refractivity contribution is 6.44. The monoisotopic (exact) mass is 308 g/mol. The molecule has 0 bridgehead atoms. The Morgan fingerprint density at radius 1 is 1.15 bits per heavy atom. The Balaban J connectivity index is 2.19. The van der Waals surface area contributed by atoms with E-state index in [1.165, 1.54) is 0 Å². The van der Waals surface area contributed by atoms with Crippen LogP contribution in [0.4, 0.5) is 5.69 Å². The zero-order chi connectivity index (χ0) is 14.5. The lowest BCUT2D eigenvalue weighted by atomic mass is 10.1. The number of anilines is 1. The Bertz CT molecular complexity index is 629. The minimum absolute atomic E-state index is 0.262. The van der Waals surface area contributed by atoms with Gasteiger partial charge < -0.3 is 10.6 Å². The second kappa shape index (κ2) is 6.75. The van der Waals surface area contributed by atoms with Crippen LogP contribution in [0.2, 0.25) is 10.0 Å². The van der Waals surface area contributed by atoms with Gasteiger partial charge in [0.1, 0.15) is 0 Å². The van der Waals surface area contributed by atoms with Crippen LogP contribution in [0.5, 0.6) is 0 Å². The van der Waals surface area contributed by atoms with Crippen molar-refractivity contribution in [3.05, 3.63) is 63.6 Å². The van der Waals surface area contributed by atoms with E-state index in [2.05, 4.69) is 10.6 Å². The van der Waals surface area contributed by atoms with E-state index >= 15 is 0 Å². The molecule has 5 heteroatoms. The molecule has 104 valence electrons. The summed E-state index contributed by atoms with van der Waals surface area (Å²) >= 11 is 11.9. The molecule has 0 spiro atoms. The Hall–Kier alpha value is -1.55. The van der Waals surface area contributed by atoms with Crippen molar-refractivity contribution < 1.29 is 4.79 Å². The van der Waals surface area contributed by atoms with Crippen LogP contribution in [-0.2, 0) is 6.54 Å². The molecule has 0 heterocycles. The van der Waals surface area contributed by atoms with Gasteiger partial charge in [-0.1, -0.05) is 41.4 Å². The van der Waals surface area contributed by atoms with Gasteiger partial charge in [0.25, 0.3) is 5.91 Å².